The number of carbonyl (C=O) groups is 1. The van der Waals surface area contributed by atoms with Crippen molar-refractivity contribution in [3.05, 3.63) is 65.4 Å². The minimum atomic E-state index is -1.50. The number of nitrogens with one attached hydrogen (secondary N) is 1. The summed E-state index contributed by atoms with van der Waals surface area (Å²) < 4.78 is 5.45. The van der Waals surface area contributed by atoms with Crippen LogP contribution in [-0.4, -0.2) is 56.6 Å². The van der Waals surface area contributed by atoms with Gasteiger partial charge in [-0.3, -0.25) is 9.78 Å². The molecule has 4 heterocycles. The van der Waals surface area contributed by atoms with Gasteiger partial charge in [-0.1, -0.05) is 18.2 Å². The first-order chi connectivity index (χ1) is 16.9. The van der Waals surface area contributed by atoms with E-state index < -0.39 is 5.60 Å². The molecule has 1 aliphatic rings. The van der Waals surface area contributed by atoms with Crippen LogP contribution in [0.2, 0.25) is 0 Å². The number of aliphatic hydroxyl groups is 1. The third-order valence-corrected chi connectivity index (χ3v) is 6.94. The molecule has 35 heavy (non-hydrogen) atoms. The average molecular weight is 489 g/mol. The lowest BCUT2D eigenvalue weighted by Gasteiger charge is -2.21. The van der Waals surface area contributed by atoms with E-state index >= 15 is 0 Å². The molecule has 0 radical (unpaired) electrons. The van der Waals surface area contributed by atoms with E-state index in [0.717, 1.165) is 22.0 Å². The number of thiazole rings is 1. The molecular formula is C25H24N6O3S. The Balaban J connectivity index is 1.41. The lowest BCUT2D eigenvalue weighted by molar-refractivity contribution is -0.143. The van der Waals surface area contributed by atoms with Crippen LogP contribution in [0.1, 0.15) is 17.7 Å². The Kier molecular flexibility index (Phi) is 5.91. The lowest BCUT2D eigenvalue weighted by Crippen LogP contribution is -2.36. The Morgan fingerprint density at radius 3 is 2.74 bits per heavy atom. The molecule has 0 spiro atoms. The number of aromatic nitrogens is 4. The minimum Gasteiger partial charge on any atom is -0.493 e. The van der Waals surface area contributed by atoms with Crippen LogP contribution >= 0.6 is 11.3 Å². The van der Waals surface area contributed by atoms with Crippen molar-refractivity contribution in [3.8, 4) is 27.7 Å². The van der Waals surface area contributed by atoms with Gasteiger partial charge in [0.25, 0.3) is 5.91 Å². The lowest BCUT2D eigenvalue weighted by atomic mass is 9.91. The molecule has 0 aliphatic carbocycles. The van der Waals surface area contributed by atoms with Crippen molar-refractivity contribution in [1.29, 1.82) is 0 Å². The Labute approximate surface area is 206 Å². The van der Waals surface area contributed by atoms with E-state index in [-0.39, 0.29) is 5.91 Å². The summed E-state index contributed by atoms with van der Waals surface area (Å²) in [4.78, 5) is 32.0. The number of carbonyl (C=O) groups excluding carboxylic acids is 1. The van der Waals surface area contributed by atoms with E-state index in [1.165, 1.54) is 11.3 Å². The summed E-state index contributed by atoms with van der Waals surface area (Å²) in [6, 6.07) is 11.0. The summed E-state index contributed by atoms with van der Waals surface area (Å²) >= 11 is 1.47. The van der Waals surface area contributed by atoms with E-state index in [1.807, 2.05) is 30.5 Å². The first kappa shape index (κ1) is 22.9. The monoisotopic (exact) mass is 488 g/mol. The van der Waals surface area contributed by atoms with Crippen LogP contribution < -0.4 is 10.1 Å². The van der Waals surface area contributed by atoms with Gasteiger partial charge in [-0.25, -0.2) is 15.0 Å². The van der Waals surface area contributed by atoms with Gasteiger partial charge in [0.1, 0.15) is 10.7 Å². The van der Waals surface area contributed by atoms with Crippen LogP contribution in [0.4, 0.5) is 11.6 Å². The number of benzene rings is 1. The zero-order chi connectivity index (χ0) is 24.6. The number of rotatable bonds is 6. The first-order valence-electron chi connectivity index (χ1n) is 11.0. The van der Waals surface area contributed by atoms with Crippen molar-refractivity contribution >= 4 is 28.9 Å². The molecule has 0 bridgehead atoms. The second kappa shape index (κ2) is 9.05. The van der Waals surface area contributed by atoms with Crippen LogP contribution in [0, 0.1) is 6.92 Å². The van der Waals surface area contributed by atoms with Gasteiger partial charge >= 0.3 is 0 Å². The van der Waals surface area contributed by atoms with Gasteiger partial charge in [-0.05, 0) is 30.7 Å². The van der Waals surface area contributed by atoms with Gasteiger partial charge in [0, 0.05) is 43.4 Å². The fraction of sp³-hybridized carbons (Fsp3) is 0.240. The van der Waals surface area contributed by atoms with Crippen LogP contribution in [0.5, 0.6) is 5.75 Å². The number of aryl methyl sites for hydroxylation is 1. The summed E-state index contributed by atoms with van der Waals surface area (Å²) in [6.45, 7) is 2.39. The highest BCUT2D eigenvalue weighted by atomic mass is 32.1. The number of amides is 1. The number of ether oxygens (including phenoxy) is 1. The summed E-state index contributed by atoms with van der Waals surface area (Å²) in [7, 11) is 3.30. The molecule has 1 saturated heterocycles. The van der Waals surface area contributed by atoms with Crippen molar-refractivity contribution in [2.24, 2.45) is 0 Å². The fourth-order valence-electron chi connectivity index (χ4n) is 4.15. The smallest absolute Gasteiger partial charge is 0.258 e. The number of anilines is 2. The Morgan fingerprint density at radius 2 is 1.97 bits per heavy atom. The van der Waals surface area contributed by atoms with Gasteiger partial charge in [0.15, 0.2) is 11.4 Å². The largest absolute Gasteiger partial charge is 0.493 e. The number of pyridine rings is 1. The molecule has 2 N–H and O–H groups in total. The van der Waals surface area contributed by atoms with Gasteiger partial charge in [-0.2, -0.15) is 0 Å². The minimum absolute atomic E-state index is 0.281. The molecule has 4 aromatic rings. The second-order valence-corrected chi connectivity index (χ2v) is 9.18. The predicted molar refractivity (Wildman–Crippen MR) is 134 cm³/mol. The number of hydrogen-bond donors (Lipinski definition) is 2. The zero-order valence-electron chi connectivity index (χ0n) is 19.5. The Bertz CT molecular complexity index is 1410. The molecule has 1 unspecified atom stereocenters. The van der Waals surface area contributed by atoms with Crippen molar-refractivity contribution in [3.63, 3.8) is 0 Å². The van der Waals surface area contributed by atoms with Gasteiger partial charge in [0.2, 0.25) is 5.95 Å². The Hall–Kier alpha value is -3.89. The molecule has 1 amide bonds. The second-order valence-electron chi connectivity index (χ2n) is 8.32. The summed E-state index contributed by atoms with van der Waals surface area (Å²) in [5.74, 6) is 0.761. The fourth-order valence-corrected chi connectivity index (χ4v) is 4.96. The predicted octanol–water partition coefficient (Wildman–Crippen LogP) is 3.77. The van der Waals surface area contributed by atoms with Gasteiger partial charge in [0.05, 0.1) is 24.2 Å². The molecule has 1 aromatic carbocycles. The number of likely N-dealkylation sites (tertiary alicyclic amines) is 1. The summed E-state index contributed by atoms with van der Waals surface area (Å²) in [6.07, 6.45) is 3.73. The first-order valence-corrected chi connectivity index (χ1v) is 11.9. The van der Waals surface area contributed by atoms with Crippen molar-refractivity contribution < 1.29 is 14.6 Å². The molecule has 178 valence electrons. The van der Waals surface area contributed by atoms with Crippen LogP contribution in [0.15, 0.2) is 54.2 Å². The molecule has 3 aromatic heterocycles. The van der Waals surface area contributed by atoms with Crippen molar-refractivity contribution in [2.45, 2.75) is 18.9 Å². The Morgan fingerprint density at radius 1 is 1.14 bits per heavy atom. The van der Waals surface area contributed by atoms with E-state index in [0.29, 0.717) is 41.6 Å². The zero-order valence-corrected chi connectivity index (χ0v) is 20.3. The molecule has 1 atom stereocenters. The van der Waals surface area contributed by atoms with Gasteiger partial charge in [-0.15, -0.1) is 11.3 Å². The highest BCUT2D eigenvalue weighted by molar-refractivity contribution is 7.13. The van der Waals surface area contributed by atoms with Crippen LogP contribution in [0.25, 0.3) is 22.0 Å². The van der Waals surface area contributed by atoms with Crippen molar-refractivity contribution in [2.75, 3.05) is 26.0 Å². The van der Waals surface area contributed by atoms with E-state index in [4.69, 9.17) is 9.72 Å². The third kappa shape index (κ3) is 4.22. The average Bonchev–Trinajstić information content (AvgIpc) is 3.47. The molecule has 1 fully saturated rings. The van der Waals surface area contributed by atoms with E-state index in [2.05, 4.69) is 20.3 Å². The molecule has 1 aliphatic heterocycles. The number of hydrogen-bond acceptors (Lipinski definition) is 9. The summed E-state index contributed by atoms with van der Waals surface area (Å²) in [5, 5.41) is 16.9. The number of nitrogens with zero attached hydrogens (tertiary/aromatic N) is 5. The molecule has 0 saturated carbocycles. The maximum Gasteiger partial charge on any atom is 0.258 e. The number of likely N-dealkylation sites (N-methyl/N-ethyl adjacent to an activating group) is 1. The molecular weight excluding hydrogens is 464 g/mol. The van der Waals surface area contributed by atoms with E-state index in [9.17, 15) is 9.90 Å². The highest BCUT2D eigenvalue weighted by Crippen LogP contribution is 2.36. The highest BCUT2D eigenvalue weighted by Gasteiger charge is 2.45. The standard InChI is InChI=1S/C25H24N6O3S/c1-15-21(34-3)19(8-10-26-15)30-24-27-11-7-18(29-24)20-14-35-22(28-20)16-5-4-6-17(13-16)25(33)9-12-31(2)23(25)32/h4-8,10-11,13-14,33H,9,12H2,1-3H3,(H,26,27,29,30). The number of methoxy groups -OCH3 is 1. The SMILES string of the molecule is COc1c(Nc2nccc(-c3csc(-c4cccc(C5(O)CCN(C)C5=O)c4)n3)n2)ccnc1C. The molecule has 10 heteroatoms. The van der Waals surface area contributed by atoms with Crippen LogP contribution in [0.3, 0.4) is 0 Å². The third-order valence-electron chi connectivity index (χ3n) is 6.05. The van der Waals surface area contributed by atoms with E-state index in [1.54, 1.807) is 49.7 Å². The quantitative estimate of drug-likeness (QED) is 0.422. The van der Waals surface area contributed by atoms with Crippen molar-refractivity contribution in [1.82, 2.24) is 24.8 Å². The summed E-state index contributed by atoms with van der Waals surface area (Å²) in [5.41, 5.74) is 2.76. The topological polar surface area (TPSA) is 113 Å². The normalized spacial score (nSPS) is 17.6. The molecule has 9 nitrogen and oxygen atoms in total. The molecule has 5 rings (SSSR count). The van der Waals surface area contributed by atoms with Gasteiger partial charge < -0.3 is 20.1 Å². The van der Waals surface area contributed by atoms with Crippen LogP contribution in [-0.2, 0) is 10.4 Å². The maximum absolute atomic E-state index is 12.5. The maximum atomic E-state index is 12.5.